The van der Waals surface area contributed by atoms with E-state index in [0.717, 1.165) is 6.07 Å². The van der Waals surface area contributed by atoms with Gasteiger partial charge in [-0.2, -0.15) is 0 Å². The zero-order valence-corrected chi connectivity index (χ0v) is 10.9. The molecule has 0 aliphatic carbocycles. The van der Waals surface area contributed by atoms with Gasteiger partial charge in [-0.3, -0.25) is 10.1 Å². The molecule has 0 unspecified atom stereocenters. The van der Waals surface area contributed by atoms with Crippen LogP contribution >= 0.6 is 11.6 Å². The number of hydrogen-bond acceptors (Lipinski definition) is 4. The van der Waals surface area contributed by atoms with Crippen LogP contribution in [0.3, 0.4) is 0 Å². The highest BCUT2D eigenvalue weighted by molar-refractivity contribution is 6.30. The Labute approximate surface area is 118 Å². The van der Waals surface area contributed by atoms with Crippen molar-refractivity contribution in [2.24, 2.45) is 0 Å². The summed E-state index contributed by atoms with van der Waals surface area (Å²) in [6, 6.07) is 8.42. The lowest BCUT2D eigenvalue weighted by Gasteiger charge is -2.09. The van der Waals surface area contributed by atoms with Gasteiger partial charge < -0.3 is 10.5 Å². The van der Waals surface area contributed by atoms with E-state index in [1.807, 2.05) is 0 Å². The largest absolute Gasteiger partial charge is 0.489 e. The number of halogens is 2. The molecule has 0 heterocycles. The lowest BCUT2D eigenvalue weighted by molar-refractivity contribution is -0.384. The zero-order valence-electron chi connectivity index (χ0n) is 10.2. The molecule has 0 amide bonds. The molecule has 0 saturated heterocycles. The molecule has 0 saturated carbocycles. The molecule has 0 aromatic heterocycles. The Morgan fingerprint density at radius 1 is 1.35 bits per heavy atom. The smallest absolute Gasteiger partial charge is 0.292 e. The first-order valence-electron chi connectivity index (χ1n) is 5.58. The van der Waals surface area contributed by atoms with Gasteiger partial charge in [0.25, 0.3) is 5.69 Å². The zero-order chi connectivity index (χ0) is 14.7. The fourth-order valence-electron chi connectivity index (χ4n) is 1.61. The maximum atomic E-state index is 13.2. The van der Waals surface area contributed by atoms with E-state index in [0.29, 0.717) is 5.56 Å². The van der Waals surface area contributed by atoms with Crippen LogP contribution in [0.1, 0.15) is 5.56 Å². The molecule has 0 aliphatic rings. The number of nitrogens with two attached hydrogens (primary N) is 1. The molecule has 0 radical (unpaired) electrons. The van der Waals surface area contributed by atoms with E-state index in [-0.39, 0.29) is 28.8 Å². The molecule has 7 heteroatoms. The summed E-state index contributed by atoms with van der Waals surface area (Å²) in [7, 11) is 0. The predicted octanol–water partition coefficient (Wildman–Crippen LogP) is 3.55. The van der Waals surface area contributed by atoms with Gasteiger partial charge in [-0.15, -0.1) is 0 Å². The highest BCUT2D eigenvalue weighted by atomic mass is 35.5. The Balaban J connectivity index is 2.17. The van der Waals surface area contributed by atoms with E-state index in [4.69, 9.17) is 22.1 Å². The first-order chi connectivity index (χ1) is 9.49. The molecule has 5 nitrogen and oxygen atoms in total. The van der Waals surface area contributed by atoms with E-state index >= 15 is 0 Å². The standard InChI is InChI=1S/C13H10ClFN2O3/c14-10-5-4-9(6-11(10)15)20-7-8-2-1-3-12(13(8)16)17(18)19/h1-6H,7,16H2. The number of benzene rings is 2. The highest BCUT2D eigenvalue weighted by Crippen LogP contribution is 2.26. The molecule has 20 heavy (non-hydrogen) atoms. The van der Waals surface area contributed by atoms with Crippen molar-refractivity contribution >= 4 is 23.0 Å². The van der Waals surface area contributed by atoms with E-state index in [1.54, 1.807) is 6.07 Å². The van der Waals surface area contributed by atoms with Crippen LogP contribution in [0, 0.1) is 15.9 Å². The van der Waals surface area contributed by atoms with Crippen molar-refractivity contribution in [2.75, 3.05) is 5.73 Å². The van der Waals surface area contributed by atoms with Gasteiger partial charge in [-0.1, -0.05) is 23.7 Å². The summed E-state index contributed by atoms with van der Waals surface area (Å²) in [5, 5.41) is 10.7. The van der Waals surface area contributed by atoms with Gasteiger partial charge in [0.1, 0.15) is 23.9 Å². The summed E-state index contributed by atoms with van der Waals surface area (Å²) in [6.45, 7) is -0.00537. The van der Waals surface area contributed by atoms with Crippen LogP contribution in [-0.2, 0) is 6.61 Å². The Hall–Kier alpha value is -2.34. The predicted molar refractivity (Wildman–Crippen MR) is 73.3 cm³/mol. The van der Waals surface area contributed by atoms with Crippen molar-refractivity contribution in [1.82, 2.24) is 0 Å². The van der Waals surface area contributed by atoms with Gasteiger partial charge in [-0.05, 0) is 12.1 Å². The molecule has 2 aromatic rings. The van der Waals surface area contributed by atoms with E-state index in [9.17, 15) is 14.5 Å². The summed E-state index contributed by atoms with van der Waals surface area (Å²) in [4.78, 5) is 10.2. The molecular formula is C13H10ClFN2O3. The normalized spacial score (nSPS) is 10.3. The van der Waals surface area contributed by atoms with Crippen LogP contribution < -0.4 is 10.5 Å². The Kier molecular flexibility index (Phi) is 4.05. The maximum Gasteiger partial charge on any atom is 0.292 e. The first kappa shape index (κ1) is 14.1. The molecule has 2 N–H and O–H groups in total. The third-order valence-electron chi connectivity index (χ3n) is 2.66. The Bertz CT molecular complexity index is 664. The quantitative estimate of drug-likeness (QED) is 0.531. The molecule has 0 aliphatic heterocycles. The molecule has 0 atom stereocenters. The van der Waals surface area contributed by atoms with Gasteiger partial charge in [0.2, 0.25) is 0 Å². The summed E-state index contributed by atoms with van der Waals surface area (Å²) in [5.41, 5.74) is 5.99. The van der Waals surface area contributed by atoms with E-state index < -0.39 is 10.7 Å². The second-order valence-corrected chi connectivity index (χ2v) is 4.38. The molecular weight excluding hydrogens is 287 g/mol. The van der Waals surface area contributed by atoms with Crippen molar-refractivity contribution in [3.8, 4) is 5.75 Å². The molecule has 2 aromatic carbocycles. The SMILES string of the molecule is Nc1c(COc2ccc(Cl)c(F)c2)cccc1[N+](=O)[O-]. The molecule has 2 rings (SSSR count). The summed E-state index contributed by atoms with van der Waals surface area (Å²) in [6.07, 6.45) is 0. The number of nitro benzene ring substituents is 1. The topological polar surface area (TPSA) is 78.4 Å². The van der Waals surface area contributed by atoms with Crippen LogP contribution in [0.25, 0.3) is 0 Å². The van der Waals surface area contributed by atoms with Crippen molar-refractivity contribution in [1.29, 1.82) is 0 Å². The lowest BCUT2D eigenvalue weighted by Crippen LogP contribution is -2.03. The third-order valence-corrected chi connectivity index (χ3v) is 2.96. The number of nitrogen functional groups attached to an aromatic ring is 1. The minimum Gasteiger partial charge on any atom is -0.489 e. The average Bonchev–Trinajstić information content (AvgIpc) is 2.41. The van der Waals surface area contributed by atoms with Crippen LogP contribution in [0.15, 0.2) is 36.4 Å². The van der Waals surface area contributed by atoms with Crippen molar-refractivity contribution in [3.05, 3.63) is 62.9 Å². The van der Waals surface area contributed by atoms with Gasteiger partial charge in [0.15, 0.2) is 0 Å². The van der Waals surface area contributed by atoms with Crippen LogP contribution in [0.2, 0.25) is 5.02 Å². The molecule has 0 fully saturated rings. The number of hydrogen-bond donors (Lipinski definition) is 1. The second-order valence-electron chi connectivity index (χ2n) is 3.97. The number of anilines is 1. The van der Waals surface area contributed by atoms with E-state index in [1.165, 1.54) is 24.3 Å². The fourth-order valence-corrected chi connectivity index (χ4v) is 1.73. The average molecular weight is 297 g/mol. The number of nitrogens with zero attached hydrogens (tertiary/aromatic N) is 1. The van der Waals surface area contributed by atoms with Crippen LogP contribution in [-0.4, -0.2) is 4.92 Å². The summed E-state index contributed by atoms with van der Waals surface area (Å²) < 4.78 is 18.6. The van der Waals surface area contributed by atoms with Crippen molar-refractivity contribution in [2.45, 2.75) is 6.61 Å². The van der Waals surface area contributed by atoms with Gasteiger partial charge in [0, 0.05) is 17.7 Å². The van der Waals surface area contributed by atoms with Gasteiger partial charge in [0.05, 0.1) is 9.95 Å². The second kappa shape index (κ2) is 5.75. The van der Waals surface area contributed by atoms with Gasteiger partial charge in [-0.25, -0.2) is 4.39 Å². The molecule has 0 spiro atoms. The third kappa shape index (κ3) is 2.97. The van der Waals surface area contributed by atoms with E-state index in [2.05, 4.69) is 0 Å². The number of nitro groups is 1. The Morgan fingerprint density at radius 2 is 2.10 bits per heavy atom. The Morgan fingerprint density at radius 3 is 2.75 bits per heavy atom. The number of para-hydroxylation sites is 1. The minimum absolute atomic E-state index is 0.00537. The monoisotopic (exact) mass is 296 g/mol. The van der Waals surface area contributed by atoms with Crippen LogP contribution in [0.5, 0.6) is 5.75 Å². The molecule has 0 bridgehead atoms. The fraction of sp³-hybridized carbons (Fsp3) is 0.0769. The van der Waals surface area contributed by atoms with Gasteiger partial charge >= 0.3 is 0 Å². The van der Waals surface area contributed by atoms with Crippen molar-refractivity contribution < 1.29 is 14.1 Å². The summed E-state index contributed by atoms with van der Waals surface area (Å²) >= 11 is 5.55. The maximum absolute atomic E-state index is 13.2. The molecule has 104 valence electrons. The van der Waals surface area contributed by atoms with Crippen molar-refractivity contribution in [3.63, 3.8) is 0 Å². The first-order valence-corrected chi connectivity index (χ1v) is 5.96. The minimum atomic E-state index is -0.601. The lowest BCUT2D eigenvalue weighted by atomic mass is 10.1. The summed E-state index contributed by atoms with van der Waals surface area (Å²) in [5.74, 6) is -0.339. The number of ether oxygens (including phenoxy) is 1. The number of rotatable bonds is 4. The van der Waals surface area contributed by atoms with Crippen LogP contribution in [0.4, 0.5) is 15.8 Å². The highest BCUT2D eigenvalue weighted by Gasteiger charge is 2.14.